The zero-order chi connectivity index (χ0) is 18.5. The van der Waals surface area contributed by atoms with E-state index in [9.17, 15) is 10.1 Å². The van der Waals surface area contributed by atoms with Gasteiger partial charge in [0.25, 0.3) is 0 Å². The van der Waals surface area contributed by atoms with Crippen LogP contribution in [-0.2, 0) is 0 Å². The second-order valence-electron chi connectivity index (χ2n) is 6.05. The van der Waals surface area contributed by atoms with Gasteiger partial charge in [-0.1, -0.05) is 24.3 Å². The van der Waals surface area contributed by atoms with Gasteiger partial charge in [0, 0.05) is 6.20 Å². The van der Waals surface area contributed by atoms with Crippen LogP contribution in [0.25, 0.3) is 26.9 Å². The number of hydrogen-bond donors (Lipinski definition) is 1. The van der Waals surface area contributed by atoms with E-state index >= 15 is 0 Å². The summed E-state index contributed by atoms with van der Waals surface area (Å²) in [6.45, 7) is 0. The molecule has 0 aliphatic carbocycles. The van der Waals surface area contributed by atoms with Gasteiger partial charge in [0.05, 0.1) is 32.5 Å². The number of ketones is 1. The molecular formula is C20H11N5OS. The minimum atomic E-state index is -0.301. The second kappa shape index (κ2) is 5.62. The van der Waals surface area contributed by atoms with Crippen molar-refractivity contribution in [1.82, 2.24) is 14.4 Å². The molecule has 0 radical (unpaired) electrons. The number of carbonyl (C=O) groups excluding carboxylic acids is 1. The SMILES string of the molecule is N#Cc1c(N)c(C(=O)c2nc3ccccc3s2)cn2c1nc1ccccc12. The zero-order valence-electron chi connectivity index (χ0n) is 13.9. The van der Waals surface area contributed by atoms with E-state index in [1.807, 2.05) is 48.5 Å². The quantitative estimate of drug-likeness (QED) is 0.478. The lowest BCUT2D eigenvalue weighted by molar-refractivity contribution is 0.103. The van der Waals surface area contributed by atoms with E-state index < -0.39 is 0 Å². The number of para-hydroxylation sites is 3. The number of nitrogen functional groups attached to an aromatic ring is 1. The number of anilines is 1. The fourth-order valence-corrected chi connectivity index (χ4v) is 4.10. The number of rotatable bonds is 2. The van der Waals surface area contributed by atoms with Crippen LogP contribution in [0.15, 0.2) is 54.7 Å². The molecule has 0 amide bonds. The van der Waals surface area contributed by atoms with Crippen molar-refractivity contribution in [3.8, 4) is 6.07 Å². The molecule has 2 aromatic carbocycles. The molecule has 2 N–H and O–H groups in total. The molecule has 3 heterocycles. The number of imidazole rings is 1. The van der Waals surface area contributed by atoms with Crippen molar-refractivity contribution in [2.75, 3.05) is 5.73 Å². The highest BCUT2D eigenvalue weighted by molar-refractivity contribution is 7.20. The number of fused-ring (bicyclic) bond motifs is 4. The topological polar surface area (TPSA) is 97.1 Å². The van der Waals surface area contributed by atoms with Gasteiger partial charge in [0.15, 0.2) is 10.7 Å². The van der Waals surface area contributed by atoms with Gasteiger partial charge in [-0.3, -0.25) is 9.20 Å². The summed E-state index contributed by atoms with van der Waals surface area (Å²) in [4.78, 5) is 22.0. The predicted octanol–water partition coefficient (Wildman–Crippen LogP) is 3.78. The largest absolute Gasteiger partial charge is 0.397 e. The Morgan fingerprint density at radius 3 is 2.59 bits per heavy atom. The van der Waals surface area contributed by atoms with Crippen LogP contribution in [0.1, 0.15) is 20.9 Å². The number of carbonyl (C=O) groups is 1. The molecule has 0 saturated carbocycles. The molecule has 0 atom stereocenters. The number of thiazole rings is 1. The summed E-state index contributed by atoms with van der Waals surface area (Å²) in [5.74, 6) is -0.301. The molecule has 0 aliphatic heterocycles. The Bertz CT molecular complexity index is 1390. The second-order valence-corrected chi connectivity index (χ2v) is 7.08. The van der Waals surface area contributed by atoms with E-state index in [0.717, 1.165) is 21.3 Å². The highest BCUT2D eigenvalue weighted by Crippen LogP contribution is 2.30. The number of pyridine rings is 1. The summed E-state index contributed by atoms with van der Waals surface area (Å²) in [5.41, 5.74) is 9.51. The van der Waals surface area contributed by atoms with Gasteiger partial charge in [-0.25, -0.2) is 9.97 Å². The van der Waals surface area contributed by atoms with Crippen LogP contribution >= 0.6 is 11.3 Å². The molecule has 0 saturated heterocycles. The summed E-state index contributed by atoms with van der Waals surface area (Å²) in [5, 5.41) is 9.97. The molecule has 3 aromatic heterocycles. The van der Waals surface area contributed by atoms with Crippen molar-refractivity contribution in [2.24, 2.45) is 0 Å². The molecule has 0 bridgehead atoms. The van der Waals surface area contributed by atoms with E-state index in [1.54, 1.807) is 10.6 Å². The van der Waals surface area contributed by atoms with Crippen LogP contribution in [0, 0.1) is 11.3 Å². The van der Waals surface area contributed by atoms with Crippen LogP contribution < -0.4 is 5.73 Å². The molecule has 128 valence electrons. The summed E-state index contributed by atoms with van der Waals surface area (Å²) in [6, 6.07) is 17.2. The first kappa shape index (κ1) is 15.5. The van der Waals surface area contributed by atoms with Crippen LogP contribution in [0.2, 0.25) is 0 Å². The molecule has 27 heavy (non-hydrogen) atoms. The minimum absolute atomic E-state index is 0.129. The number of hydrogen-bond acceptors (Lipinski definition) is 6. The Labute approximate surface area is 157 Å². The van der Waals surface area contributed by atoms with E-state index in [1.165, 1.54) is 11.3 Å². The van der Waals surface area contributed by atoms with Gasteiger partial charge >= 0.3 is 0 Å². The van der Waals surface area contributed by atoms with Crippen molar-refractivity contribution in [3.05, 3.63) is 70.9 Å². The lowest BCUT2D eigenvalue weighted by Crippen LogP contribution is -2.09. The smallest absolute Gasteiger partial charge is 0.225 e. The van der Waals surface area contributed by atoms with Gasteiger partial charge < -0.3 is 5.73 Å². The number of nitrogens with two attached hydrogens (primary N) is 1. The maximum Gasteiger partial charge on any atom is 0.225 e. The van der Waals surface area contributed by atoms with Gasteiger partial charge in [0.2, 0.25) is 5.78 Å². The normalized spacial score (nSPS) is 11.2. The average molecular weight is 369 g/mol. The summed E-state index contributed by atoms with van der Waals surface area (Å²) in [7, 11) is 0. The highest BCUT2D eigenvalue weighted by Gasteiger charge is 2.22. The van der Waals surface area contributed by atoms with Gasteiger partial charge in [-0.05, 0) is 24.3 Å². The van der Waals surface area contributed by atoms with Crippen LogP contribution in [0.3, 0.4) is 0 Å². The molecule has 5 rings (SSSR count). The molecule has 7 heteroatoms. The van der Waals surface area contributed by atoms with Gasteiger partial charge in [-0.15, -0.1) is 11.3 Å². The Morgan fingerprint density at radius 2 is 1.81 bits per heavy atom. The average Bonchev–Trinajstić information content (AvgIpc) is 3.28. The third kappa shape index (κ3) is 2.21. The number of aromatic nitrogens is 3. The summed E-state index contributed by atoms with van der Waals surface area (Å²) in [6.07, 6.45) is 1.65. The first-order chi connectivity index (χ1) is 13.2. The lowest BCUT2D eigenvalue weighted by Gasteiger charge is -2.07. The van der Waals surface area contributed by atoms with Crippen molar-refractivity contribution in [1.29, 1.82) is 5.26 Å². The first-order valence-corrected chi connectivity index (χ1v) is 8.98. The van der Waals surface area contributed by atoms with Crippen molar-refractivity contribution in [2.45, 2.75) is 0 Å². The van der Waals surface area contributed by atoms with E-state index in [-0.39, 0.29) is 22.6 Å². The van der Waals surface area contributed by atoms with Crippen LogP contribution in [0.5, 0.6) is 0 Å². The molecule has 6 nitrogen and oxygen atoms in total. The standard InChI is InChI=1S/C20H11N5OS/c21-9-11-17(22)12(10-25-15-7-3-1-5-13(15)23-19(11)25)18(26)20-24-14-6-2-4-8-16(14)27-20/h1-8,10H,22H2. The maximum absolute atomic E-state index is 13.1. The summed E-state index contributed by atoms with van der Waals surface area (Å²) >= 11 is 1.31. The maximum atomic E-state index is 13.1. The molecule has 0 spiro atoms. The molecule has 5 aromatic rings. The third-order valence-corrected chi connectivity index (χ3v) is 5.52. The fraction of sp³-hybridized carbons (Fsp3) is 0. The Morgan fingerprint density at radius 1 is 1.07 bits per heavy atom. The molecule has 0 aliphatic rings. The van der Waals surface area contributed by atoms with Crippen LogP contribution in [-0.4, -0.2) is 20.2 Å². The van der Waals surface area contributed by atoms with E-state index in [4.69, 9.17) is 5.73 Å². The molecular weight excluding hydrogens is 358 g/mol. The van der Waals surface area contributed by atoms with E-state index in [2.05, 4.69) is 16.0 Å². The molecule has 0 fully saturated rings. The van der Waals surface area contributed by atoms with Gasteiger partial charge in [0.1, 0.15) is 11.6 Å². The van der Waals surface area contributed by atoms with Crippen molar-refractivity contribution in [3.63, 3.8) is 0 Å². The Kier molecular flexibility index (Phi) is 3.23. The zero-order valence-corrected chi connectivity index (χ0v) is 14.7. The van der Waals surface area contributed by atoms with Crippen molar-refractivity contribution < 1.29 is 4.79 Å². The first-order valence-electron chi connectivity index (χ1n) is 8.17. The van der Waals surface area contributed by atoms with Gasteiger partial charge in [-0.2, -0.15) is 5.26 Å². The predicted molar refractivity (Wildman–Crippen MR) is 105 cm³/mol. The lowest BCUT2D eigenvalue weighted by atomic mass is 10.1. The molecule has 0 unspecified atom stereocenters. The monoisotopic (exact) mass is 369 g/mol. The van der Waals surface area contributed by atoms with Crippen molar-refractivity contribution >= 4 is 49.7 Å². The van der Waals surface area contributed by atoms with Crippen LogP contribution in [0.4, 0.5) is 5.69 Å². The fourth-order valence-electron chi connectivity index (χ4n) is 3.18. The number of nitriles is 1. The number of nitrogens with zero attached hydrogens (tertiary/aromatic N) is 4. The minimum Gasteiger partial charge on any atom is -0.397 e. The third-order valence-electron chi connectivity index (χ3n) is 4.48. The van der Waals surface area contributed by atoms with E-state index in [0.29, 0.717) is 10.7 Å². The summed E-state index contributed by atoms with van der Waals surface area (Å²) < 4.78 is 2.67. The Balaban J connectivity index is 1.79. The highest BCUT2D eigenvalue weighted by atomic mass is 32.1. The Hall–Kier alpha value is -3.76. The number of benzene rings is 2.